The van der Waals surface area contributed by atoms with E-state index in [2.05, 4.69) is 20.1 Å². The Morgan fingerprint density at radius 1 is 1.26 bits per heavy atom. The smallest absolute Gasteiger partial charge is 0.355 e. The molecule has 1 N–H and O–H groups in total. The highest BCUT2D eigenvalue weighted by atomic mass is 19.4. The predicted octanol–water partition coefficient (Wildman–Crippen LogP) is 0.172. The number of nitrogens with zero attached hydrogens (tertiary/aromatic N) is 6. The normalized spacial score (nSPS) is 15.3. The Morgan fingerprint density at radius 3 is 2.65 bits per heavy atom. The molecule has 0 radical (unpaired) electrons. The first-order valence-corrected chi connectivity index (χ1v) is 6.69. The first kappa shape index (κ1) is 15.2. The van der Waals surface area contributed by atoms with Crippen molar-refractivity contribution < 1.29 is 18.0 Å². The van der Waals surface area contributed by atoms with Gasteiger partial charge in [-0.25, -0.2) is 19.6 Å². The molecule has 11 heteroatoms. The molecular weight excluding hydrogens is 315 g/mol. The highest BCUT2D eigenvalue weighted by Crippen LogP contribution is 2.24. The zero-order valence-electron chi connectivity index (χ0n) is 11.7. The van der Waals surface area contributed by atoms with Crippen LogP contribution in [0.5, 0.6) is 0 Å². The van der Waals surface area contributed by atoms with Gasteiger partial charge >= 0.3 is 6.18 Å². The molecule has 0 atom stereocenters. The minimum atomic E-state index is -4.40. The van der Waals surface area contributed by atoms with E-state index < -0.39 is 24.5 Å². The molecule has 0 saturated carbocycles. The van der Waals surface area contributed by atoms with Crippen LogP contribution in [-0.4, -0.2) is 56.5 Å². The summed E-state index contributed by atoms with van der Waals surface area (Å²) in [6.07, 6.45) is -0.204. The largest absolute Gasteiger partial charge is 0.405 e. The van der Waals surface area contributed by atoms with Crippen molar-refractivity contribution >= 4 is 11.7 Å². The molecule has 1 fully saturated rings. The quantitative estimate of drug-likeness (QED) is 0.861. The fourth-order valence-corrected chi connectivity index (χ4v) is 2.13. The summed E-state index contributed by atoms with van der Waals surface area (Å²) >= 11 is 0. The number of anilines is 1. The Kier molecular flexibility index (Phi) is 3.84. The van der Waals surface area contributed by atoms with Gasteiger partial charge < -0.3 is 10.2 Å². The van der Waals surface area contributed by atoms with Crippen LogP contribution in [-0.2, 0) is 4.79 Å². The molecule has 3 rings (SSSR count). The minimum Gasteiger partial charge on any atom is -0.355 e. The van der Waals surface area contributed by atoms with E-state index in [-0.39, 0.29) is 0 Å². The zero-order chi connectivity index (χ0) is 16.4. The lowest BCUT2D eigenvalue weighted by atomic mass is 9.99. The number of rotatable bonds is 4. The number of halogens is 3. The maximum atomic E-state index is 12.1. The highest BCUT2D eigenvalue weighted by molar-refractivity contribution is 5.81. The molecular formula is C12H12F3N7O. The number of nitrogens with one attached hydrogen (secondary N) is 1. The molecule has 0 bridgehead atoms. The summed E-state index contributed by atoms with van der Waals surface area (Å²) in [6, 6.07) is 1.67. The Bertz CT molecular complexity index is 682. The predicted molar refractivity (Wildman–Crippen MR) is 71.7 cm³/mol. The monoisotopic (exact) mass is 327 g/mol. The highest BCUT2D eigenvalue weighted by Gasteiger charge is 2.36. The maximum Gasteiger partial charge on any atom is 0.405 e. The fraction of sp³-hybridized carbons (Fsp3) is 0.417. The first-order chi connectivity index (χ1) is 10.9. The number of carbonyl (C=O) groups excluding carboxylic acids is 1. The van der Waals surface area contributed by atoms with Gasteiger partial charge in [0.15, 0.2) is 5.82 Å². The third-order valence-electron chi connectivity index (χ3n) is 3.33. The van der Waals surface area contributed by atoms with Crippen molar-refractivity contribution in [3.05, 3.63) is 25.0 Å². The Morgan fingerprint density at radius 2 is 2.00 bits per heavy atom. The summed E-state index contributed by atoms with van der Waals surface area (Å²) in [5.41, 5.74) is 0. The number of carbonyl (C=O) groups is 1. The van der Waals surface area contributed by atoms with Crippen LogP contribution in [0.2, 0.25) is 0 Å². The van der Waals surface area contributed by atoms with E-state index in [1.807, 2.05) is 5.32 Å². The van der Waals surface area contributed by atoms with Gasteiger partial charge in [0.2, 0.25) is 5.91 Å². The van der Waals surface area contributed by atoms with Crippen molar-refractivity contribution in [1.29, 1.82) is 0 Å². The second-order valence-electron chi connectivity index (χ2n) is 5.01. The van der Waals surface area contributed by atoms with Crippen LogP contribution in [0.3, 0.4) is 0 Å². The molecule has 0 unspecified atom stereocenters. The number of alkyl halides is 3. The fourth-order valence-electron chi connectivity index (χ4n) is 2.13. The molecule has 3 heterocycles. The van der Waals surface area contributed by atoms with Crippen LogP contribution in [0.1, 0.15) is 0 Å². The van der Waals surface area contributed by atoms with Gasteiger partial charge in [-0.05, 0) is 0 Å². The van der Waals surface area contributed by atoms with Crippen molar-refractivity contribution in [2.45, 2.75) is 6.18 Å². The Balaban J connectivity index is 1.57. The summed E-state index contributed by atoms with van der Waals surface area (Å²) in [6.45, 7) is -0.707. The molecule has 2 aromatic heterocycles. The average Bonchev–Trinajstić information content (AvgIpc) is 2.97. The lowest BCUT2D eigenvalue weighted by Crippen LogP contribution is -2.55. The van der Waals surface area contributed by atoms with E-state index >= 15 is 0 Å². The average molecular weight is 327 g/mol. The van der Waals surface area contributed by atoms with E-state index in [0.29, 0.717) is 24.7 Å². The van der Waals surface area contributed by atoms with Gasteiger partial charge in [0.05, 0.1) is 5.92 Å². The lowest BCUT2D eigenvalue weighted by molar-refractivity contribution is -0.141. The number of hydrogen-bond donors (Lipinski definition) is 1. The van der Waals surface area contributed by atoms with Crippen LogP contribution in [0.25, 0.3) is 5.82 Å². The summed E-state index contributed by atoms with van der Waals surface area (Å²) in [4.78, 5) is 25.3. The van der Waals surface area contributed by atoms with E-state index in [1.54, 1.807) is 11.0 Å². The number of hydrogen-bond acceptors (Lipinski definition) is 6. The standard InChI is InChI=1S/C12H12F3N7O/c13-12(14,15)4-17-11(23)8-2-21(3-8)9-1-10(19-6-18-9)22-7-16-5-20-22/h1,5-8H,2-4H2,(H,17,23). The van der Waals surface area contributed by atoms with Crippen molar-refractivity contribution in [2.24, 2.45) is 5.92 Å². The van der Waals surface area contributed by atoms with Gasteiger partial charge in [0.1, 0.15) is 31.3 Å². The molecule has 1 saturated heterocycles. The van der Waals surface area contributed by atoms with Gasteiger partial charge in [-0.2, -0.15) is 18.3 Å². The molecule has 1 aliphatic rings. The second-order valence-corrected chi connectivity index (χ2v) is 5.01. The number of aromatic nitrogens is 5. The summed E-state index contributed by atoms with van der Waals surface area (Å²) < 4.78 is 37.7. The number of amides is 1. The van der Waals surface area contributed by atoms with E-state index in [1.165, 1.54) is 23.7 Å². The van der Waals surface area contributed by atoms with Crippen LogP contribution in [0.15, 0.2) is 25.0 Å². The van der Waals surface area contributed by atoms with Crippen molar-refractivity contribution in [1.82, 2.24) is 30.0 Å². The van der Waals surface area contributed by atoms with Crippen molar-refractivity contribution in [2.75, 3.05) is 24.5 Å². The van der Waals surface area contributed by atoms with E-state index in [0.717, 1.165) is 0 Å². The van der Waals surface area contributed by atoms with E-state index in [4.69, 9.17) is 0 Å². The molecule has 0 aliphatic carbocycles. The summed E-state index contributed by atoms with van der Waals surface area (Å²) in [7, 11) is 0. The molecule has 1 amide bonds. The van der Waals surface area contributed by atoms with Gasteiger partial charge in [0.25, 0.3) is 0 Å². The van der Waals surface area contributed by atoms with Gasteiger partial charge in [0, 0.05) is 19.2 Å². The van der Waals surface area contributed by atoms with Crippen LogP contribution in [0, 0.1) is 5.92 Å². The Labute approximate surface area is 128 Å². The van der Waals surface area contributed by atoms with Crippen molar-refractivity contribution in [3.8, 4) is 5.82 Å². The van der Waals surface area contributed by atoms with Gasteiger partial charge in [-0.15, -0.1) is 0 Å². The lowest BCUT2D eigenvalue weighted by Gasteiger charge is -2.39. The molecule has 8 nitrogen and oxygen atoms in total. The molecule has 122 valence electrons. The van der Waals surface area contributed by atoms with Crippen molar-refractivity contribution in [3.63, 3.8) is 0 Å². The van der Waals surface area contributed by atoms with E-state index in [9.17, 15) is 18.0 Å². The second kappa shape index (κ2) is 5.82. The SMILES string of the molecule is O=C(NCC(F)(F)F)C1CN(c2cc(-n3cncn3)ncn2)C1. The van der Waals surface area contributed by atoms with Gasteiger partial charge in [-0.3, -0.25) is 4.79 Å². The third kappa shape index (κ3) is 3.55. The molecule has 1 aliphatic heterocycles. The van der Waals surface area contributed by atoms with Gasteiger partial charge in [-0.1, -0.05) is 0 Å². The Hall–Kier alpha value is -2.72. The zero-order valence-corrected chi connectivity index (χ0v) is 11.7. The third-order valence-corrected chi connectivity index (χ3v) is 3.33. The van der Waals surface area contributed by atoms with Crippen LogP contribution >= 0.6 is 0 Å². The summed E-state index contributed by atoms with van der Waals surface area (Å²) in [5.74, 6) is -0.00545. The van der Waals surface area contributed by atoms with Crippen LogP contribution in [0.4, 0.5) is 19.0 Å². The molecule has 23 heavy (non-hydrogen) atoms. The molecule has 2 aromatic rings. The topological polar surface area (TPSA) is 88.8 Å². The van der Waals surface area contributed by atoms with Crippen LogP contribution < -0.4 is 10.2 Å². The molecule has 0 aromatic carbocycles. The molecule has 0 spiro atoms. The minimum absolute atomic E-state index is 0.303. The maximum absolute atomic E-state index is 12.1. The first-order valence-electron chi connectivity index (χ1n) is 6.69. The summed E-state index contributed by atoms with van der Waals surface area (Å²) in [5, 5.41) is 5.83.